The Balaban J connectivity index is 1.99. The lowest BCUT2D eigenvalue weighted by atomic mass is 9.93. The molecule has 1 aromatic heterocycles. The molecule has 3 aromatic carbocycles. The number of ether oxygens (including phenoxy) is 1. The highest BCUT2D eigenvalue weighted by Crippen LogP contribution is 2.35. The van der Waals surface area contributed by atoms with Gasteiger partial charge >= 0.3 is 5.97 Å². The first-order valence-electron chi connectivity index (χ1n) is 9.95. The summed E-state index contributed by atoms with van der Waals surface area (Å²) in [6.45, 7) is 6.70. The summed E-state index contributed by atoms with van der Waals surface area (Å²) in [7, 11) is 1.95. The third-order valence-electron chi connectivity index (χ3n) is 5.66. The number of nitrogens with zero attached hydrogens (tertiary/aromatic N) is 1. The van der Waals surface area contributed by atoms with Crippen molar-refractivity contribution in [2.24, 2.45) is 12.8 Å². The SMILES string of the molecule is CCOC(=O)c1c(CN)n(C)c2cc(-c3cc(C)cc4c(C)cccc34)ccc12. The standard InChI is InChI=1S/C25H26N2O2/c1-5-29-25(28)24-19-10-9-17(13-22(19)27(4)23(24)14-26)21-12-15(2)11-20-16(3)7-6-8-18(20)21/h6-13H,5,14,26H2,1-4H3. The van der Waals surface area contributed by atoms with Gasteiger partial charge in [0.25, 0.3) is 0 Å². The highest BCUT2D eigenvalue weighted by Gasteiger charge is 2.22. The summed E-state index contributed by atoms with van der Waals surface area (Å²) in [5, 5.41) is 3.38. The molecule has 29 heavy (non-hydrogen) atoms. The van der Waals surface area contributed by atoms with Gasteiger partial charge in [0, 0.05) is 30.2 Å². The molecule has 0 amide bonds. The lowest BCUT2D eigenvalue weighted by Gasteiger charge is -2.11. The van der Waals surface area contributed by atoms with E-state index in [0.717, 1.165) is 22.2 Å². The van der Waals surface area contributed by atoms with Crippen LogP contribution >= 0.6 is 0 Å². The molecule has 0 spiro atoms. The van der Waals surface area contributed by atoms with Crippen LogP contribution < -0.4 is 5.73 Å². The van der Waals surface area contributed by atoms with E-state index in [9.17, 15) is 4.79 Å². The molecule has 4 nitrogen and oxygen atoms in total. The zero-order valence-electron chi connectivity index (χ0n) is 17.4. The zero-order valence-corrected chi connectivity index (χ0v) is 17.4. The van der Waals surface area contributed by atoms with E-state index >= 15 is 0 Å². The summed E-state index contributed by atoms with van der Waals surface area (Å²) in [6, 6.07) is 17.1. The number of nitrogens with two attached hydrogens (primary N) is 1. The minimum absolute atomic E-state index is 0.279. The molecule has 0 unspecified atom stereocenters. The number of hydrogen-bond donors (Lipinski definition) is 1. The fraction of sp³-hybridized carbons (Fsp3) is 0.240. The minimum Gasteiger partial charge on any atom is -0.462 e. The van der Waals surface area contributed by atoms with Crippen molar-refractivity contribution in [1.82, 2.24) is 4.57 Å². The van der Waals surface area contributed by atoms with E-state index in [1.165, 1.54) is 27.5 Å². The van der Waals surface area contributed by atoms with E-state index in [1.807, 2.05) is 24.6 Å². The molecule has 4 rings (SSSR count). The third-order valence-corrected chi connectivity index (χ3v) is 5.66. The number of aryl methyl sites for hydroxylation is 3. The third kappa shape index (κ3) is 3.10. The molecule has 2 N–H and O–H groups in total. The molecule has 0 radical (unpaired) electrons. The lowest BCUT2D eigenvalue weighted by Crippen LogP contribution is -2.12. The predicted octanol–water partition coefficient (Wildman–Crippen LogP) is 5.25. The Morgan fingerprint density at radius 3 is 2.55 bits per heavy atom. The molecule has 0 aliphatic heterocycles. The van der Waals surface area contributed by atoms with E-state index in [-0.39, 0.29) is 12.5 Å². The van der Waals surface area contributed by atoms with Crippen LogP contribution in [0.2, 0.25) is 0 Å². The van der Waals surface area contributed by atoms with E-state index in [4.69, 9.17) is 10.5 Å². The van der Waals surface area contributed by atoms with Gasteiger partial charge in [-0.3, -0.25) is 0 Å². The molecule has 4 heteroatoms. The zero-order chi connectivity index (χ0) is 20.7. The summed E-state index contributed by atoms with van der Waals surface area (Å²) in [4.78, 5) is 12.6. The van der Waals surface area contributed by atoms with Crippen molar-refractivity contribution in [2.45, 2.75) is 27.3 Å². The maximum absolute atomic E-state index is 12.6. The van der Waals surface area contributed by atoms with Gasteiger partial charge in [-0.1, -0.05) is 42.5 Å². The van der Waals surface area contributed by atoms with Crippen LogP contribution in [0.1, 0.15) is 34.1 Å². The molecule has 0 aliphatic rings. The Morgan fingerprint density at radius 2 is 1.83 bits per heavy atom. The van der Waals surface area contributed by atoms with Crippen molar-refractivity contribution in [2.75, 3.05) is 6.61 Å². The first-order chi connectivity index (χ1) is 14.0. The van der Waals surface area contributed by atoms with Crippen molar-refractivity contribution < 1.29 is 9.53 Å². The topological polar surface area (TPSA) is 57.2 Å². The Hall–Kier alpha value is -3.11. The normalized spacial score (nSPS) is 11.3. The quantitative estimate of drug-likeness (QED) is 0.487. The van der Waals surface area contributed by atoms with Crippen LogP contribution in [-0.2, 0) is 18.3 Å². The number of benzene rings is 3. The van der Waals surface area contributed by atoms with Crippen molar-refractivity contribution in [1.29, 1.82) is 0 Å². The van der Waals surface area contributed by atoms with Gasteiger partial charge in [0.05, 0.1) is 12.2 Å². The number of carbonyl (C=O) groups excluding carboxylic acids is 1. The summed E-state index contributed by atoms with van der Waals surface area (Å²) >= 11 is 0. The lowest BCUT2D eigenvalue weighted by molar-refractivity contribution is 0.0527. The monoisotopic (exact) mass is 386 g/mol. The Kier molecular flexibility index (Phi) is 4.89. The van der Waals surface area contributed by atoms with Gasteiger partial charge in [-0.05, 0) is 59.9 Å². The van der Waals surface area contributed by atoms with Gasteiger partial charge in [-0.15, -0.1) is 0 Å². The maximum Gasteiger partial charge on any atom is 0.340 e. The molecule has 0 saturated heterocycles. The average Bonchev–Trinajstić information content (AvgIpc) is 2.99. The number of aromatic nitrogens is 1. The molecule has 0 saturated carbocycles. The Labute approximate surface area is 170 Å². The van der Waals surface area contributed by atoms with Gasteiger partial charge in [0.1, 0.15) is 0 Å². The first kappa shape index (κ1) is 19.2. The molecule has 0 atom stereocenters. The average molecular weight is 386 g/mol. The number of hydrogen-bond acceptors (Lipinski definition) is 3. The molecule has 1 heterocycles. The number of fused-ring (bicyclic) bond motifs is 2. The van der Waals surface area contributed by atoms with Crippen LogP contribution in [0.4, 0.5) is 0 Å². The summed E-state index contributed by atoms with van der Waals surface area (Å²) < 4.78 is 7.29. The van der Waals surface area contributed by atoms with Gasteiger partial charge in [-0.2, -0.15) is 0 Å². The van der Waals surface area contributed by atoms with E-state index in [1.54, 1.807) is 0 Å². The predicted molar refractivity (Wildman–Crippen MR) is 119 cm³/mol. The van der Waals surface area contributed by atoms with Crippen LogP contribution in [0, 0.1) is 13.8 Å². The van der Waals surface area contributed by atoms with Crippen LogP contribution in [0.25, 0.3) is 32.8 Å². The highest BCUT2D eigenvalue weighted by atomic mass is 16.5. The van der Waals surface area contributed by atoms with Crippen molar-refractivity contribution in [3.05, 3.63) is 70.9 Å². The summed E-state index contributed by atoms with van der Waals surface area (Å²) in [5.74, 6) is -0.317. The molecule has 148 valence electrons. The summed E-state index contributed by atoms with van der Waals surface area (Å²) in [6.07, 6.45) is 0. The highest BCUT2D eigenvalue weighted by molar-refractivity contribution is 6.08. The maximum atomic E-state index is 12.6. The van der Waals surface area contributed by atoms with Crippen LogP contribution in [-0.4, -0.2) is 17.1 Å². The van der Waals surface area contributed by atoms with E-state index < -0.39 is 0 Å². The van der Waals surface area contributed by atoms with Crippen molar-refractivity contribution in [3.8, 4) is 11.1 Å². The molecular formula is C25H26N2O2. The van der Waals surface area contributed by atoms with Gasteiger partial charge in [0.15, 0.2) is 0 Å². The van der Waals surface area contributed by atoms with Crippen LogP contribution in [0.5, 0.6) is 0 Å². The second-order valence-electron chi connectivity index (χ2n) is 7.52. The minimum atomic E-state index is -0.317. The van der Waals surface area contributed by atoms with E-state index in [2.05, 4.69) is 56.3 Å². The largest absolute Gasteiger partial charge is 0.462 e. The van der Waals surface area contributed by atoms with Crippen LogP contribution in [0.15, 0.2) is 48.5 Å². The first-order valence-corrected chi connectivity index (χ1v) is 9.95. The van der Waals surface area contributed by atoms with Crippen molar-refractivity contribution in [3.63, 3.8) is 0 Å². The van der Waals surface area contributed by atoms with Gasteiger partial charge in [-0.25, -0.2) is 4.79 Å². The second-order valence-corrected chi connectivity index (χ2v) is 7.52. The second kappa shape index (κ2) is 7.37. The molecule has 4 aromatic rings. The molecule has 0 fully saturated rings. The van der Waals surface area contributed by atoms with Gasteiger partial charge < -0.3 is 15.0 Å². The summed E-state index contributed by atoms with van der Waals surface area (Å²) in [5.41, 5.74) is 13.1. The molecular weight excluding hydrogens is 360 g/mol. The van der Waals surface area contributed by atoms with Gasteiger partial charge in [0.2, 0.25) is 0 Å². The molecule has 0 bridgehead atoms. The number of carbonyl (C=O) groups is 1. The number of rotatable bonds is 4. The Bertz CT molecular complexity index is 1250. The number of esters is 1. The van der Waals surface area contributed by atoms with E-state index in [0.29, 0.717) is 12.2 Å². The smallest absolute Gasteiger partial charge is 0.340 e. The Morgan fingerprint density at radius 1 is 1.03 bits per heavy atom. The molecule has 0 aliphatic carbocycles. The fourth-order valence-electron chi connectivity index (χ4n) is 4.25. The van der Waals surface area contributed by atoms with Crippen molar-refractivity contribution >= 4 is 27.6 Å². The van der Waals surface area contributed by atoms with Crippen LogP contribution in [0.3, 0.4) is 0 Å². The fourth-order valence-corrected chi connectivity index (χ4v) is 4.25.